The summed E-state index contributed by atoms with van der Waals surface area (Å²) in [4.78, 5) is 6.56. The number of aryl methyl sites for hydroxylation is 1. The van der Waals surface area contributed by atoms with Crippen LogP contribution in [-0.2, 0) is 0 Å². The molecule has 3 heterocycles. The fourth-order valence-electron chi connectivity index (χ4n) is 3.25. The van der Waals surface area contributed by atoms with E-state index in [9.17, 15) is 0 Å². The van der Waals surface area contributed by atoms with Crippen LogP contribution in [0.3, 0.4) is 0 Å². The van der Waals surface area contributed by atoms with E-state index in [-0.39, 0.29) is 0 Å². The number of rotatable bonds is 2. The fourth-order valence-corrected chi connectivity index (χ4v) is 3.43. The maximum atomic E-state index is 6.17. The first-order chi connectivity index (χ1) is 11.6. The number of hydrogen-bond donors (Lipinski definition) is 1. The van der Waals surface area contributed by atoms with E-state index in [1.54, 1.807) is 0 Å². The number of fused-ring (bicyclic) bond motifs is 1. The van der Waals surface area contributed by atoms with Gasteiger partial charge in [-0.3, -0.25) is 9.99 Å². The fraction of sp³-hybridized carbons (Fsp3) is 0.211. The van der Waals surface area contributed by atoms with E-state index in [0.717, 1.165) is 22.9 Å². The summed E-state index contributed by atoms with van der Waals surface area (Å²) in [5.74, 6) is 0. The maximum Gasteiger partial charge on any atom is 0.0831 e. The highest BCUT2D eigenvalue weighted by molar-refractivity contribution is 6.30. The van der Waals surface area contributed by atoms with Crippen molar-refractivity contribution in [2.24, 2.45) is 0 Å². The van der Waals surface area contributed by atoms with Crippen LogP contribution >= 0.6 is 11.6 Å². The van der Waals surface area contributed by atoms with Crippen LogP contribution in [0.25, 0.3) is 5.57 Å². The van der Waals surface area contributed by atoms with Gasteiger partial charge in [0.05, 0.1) is 11.7 Å². The normalized spacial score (nSPS) is 19.5. The van der Waals surface area contributed by atoms with Gasteiger partial charge in [0.15, 0.2) is 0 Å². The van der Waals surface area contributed by atoms with Gasteiger partial charge in [0, 0.05) is 47.1 Å². The summed E-state index contributed by atoms with van der Waals surface area (Å²) in [6.45, 7) is 5.12. The van der Waals surface area contributed by atoms with Gasteiger partial charge in [-0.15, -0.1) is 0 Å². The summed E-state index contributed by atoms with van der Waals surface area (Å²) in [6, 6.07) is 12.5. The van der Waals surface area contributed by atoms with Crippen LogP contribution in [0.15, 0.2) is 60.7 Å². The third kappa shape index (κ3) is 2.63. The smallest absolute Gasteiger partial charge is 0.0831 e. The number of anilines is 1. The second-order valence-corrected chi connectivity index (χ2v) is 6.68. The third-order valence-electron chi connectivity index (χ3n) is 4.41. The van der Waals surface area contributed by atoms with Crippen LogP contribution < -0.4 is 10.3 Å². The molecular weight excluding hydrogens is 320 g/mol. The average molecular weight is 339 g/mol. The molecule has 4 nitrogen and oxygen atoms in total. The average Bonchev–Trinajstić information content (AvgIpc) is 2.99. The molecule has 1 aromatic carbocycles. The zero-order chi connectivity index (χ0) is 16.7. The standard InChI is InChI=1S/C19H19ClN4/c1-13-8-15(6-7-21-13)18-10-22-24-14(2)11-23(12-19(18)24)17-5-3-4-16(20)9-17/h3-10,12,14,22H,11H2,1-2H3/t14-/m0/s1. The van der Waals surface area contributed by atoms with Crippen LogP contribution in [0, 0.1) is 6.92 Å². The molecule has 122 valence electrons. The molecule has 0 aliphatic carbocycles. The summed E-state index contributed by atoms with van der Waals surface area (Å²) in [7, 11) is 0. The van der Waals surface area contributed by atoms with Crippen molar-refractivity contribution in [1.82, 2.24) is 15.4 Å². The van der Waals surface area contributed by atoms with Crippen LogP contribution in [0.1, 0.15) is 18.2 Å². The van der Waals surface area contributed by atoms with Crippen LogP contribution in [0.2, 0.25) is 5.02 Å². The van der Waals surface area contributed by atoms with Gasteiger partial charge >= 0.3 is 0 Å². The molecule has 1 N–H and O–H groups in total. The largest absolute Gasteiger partial charge is 0.344 e. The first kappa shape index (κ1) is 15.1. The highest BCUT2D eigenvalue weighted by Crippen LogP contribution is 2.35. The Labute approximate surface area is 147 Å². The van der Waals surface area contributed by atoms with E-state index in [4.69, 9.17) is 11.6 Å². The van der Waals surface area contributed by atoms with Crippen molar-refractivity contribution >= 4 is 22.9 Å². The molecule has 2 aromatic rings. The minimum Gasteiger partial charge on any atom is -0.344 e. The van der Waals surface area contributed by atoms with E-state index in [1.165, 1.54) is 16.8 Å². The lowest BCUT2D eigenvalue weighted by atomic mass is 10.0. The Hall–Kier alpha value is -2.46. The summed E-state index contributed by atoms with van der Waals surface area (Å²) < 4.78 is 0. The number of aromatic nitrogens is 1. The highest BCUT2D eigenvalue weighted by Gasteiger charge is 2.31. The Morgan fingerprint density at radius 2 is 2.12 bits per heavy atom. The lowest BCUT2D eigenvalue weighted by Gasteiger charge is -2.38. The van der Waals surface area contributed by atoms with Gasteiger partial charge < -0.3 is 10.3 Å². The number of benzene rings is 1. The molecule has 0 bridgehead atoms. The Morgan fingerprint density at radius 1 is 1.25 bits per heavy atom. The summed E-state index contributed by atoms with van der Waals surface area (Å²) in [6.07, 6.45) is 6.11. The first-order valence-electron chi connectivity index (χ1n) is 8.05. The van der Waals surface area contributed by atoms with Crippen molar-refractivity contribution in [1.29, 1.82) is 0 Å². The van der Waals surface area contributed by atoms with E-state index in [1.807, 2.05) is 37.4 Å². The topological polar surface area (TPSA) is 31.4 Å². The molecule has 0 fully saturated rings. The van der Waals surface area contributed by atoms with Crippen molar-refractivity contribution in [3.63, 3.8) is 0 Å². The minimum atomic E-state index is 0.334. The predicted molar refractivity (Wildman–Crippen MR) is 98.3 cm³/mol. The maximum absolute atomic E-state index is 6.17. The van der Waals surface area contributed by atoms with E-state index in [2.05, 4.69) is 51.8 Å². The number of nitrogens with one attached hydrogen (secondary N) is 1. The molecule has 0 saturated heterocycles. The van der Waals surface area contributed by atoms with E-state index < -0.39 is 0 Å². The minimum absolute atomic E-state index is 0.334. The predicted octanol–water partition coefficient (Wildman–Crippen LogP) is 3.95. The number of nitrogens with zero attached hydrogens (tertiary/aromatic N) is 3. The third-order valence-corrected chi connectivity index (χ3v) is 4.65. The number of pyridine rings is 1. The molecule has 1 aromatic heterocycles. The number of allylic oxidation sites excluding steroid dienone is 1. The van der Waals surface area contributed by atoms with Crippen LogP contribution in [0.4, 0.5) is 5.69 Å². The van der Waals surface area contributed by atoms with Crippen molar-refractivity contribution in [2.45, 2.75) is 19.9 Å². The lowest BCUT2D eigenvalue weighted by Crippen LogP contribution is -2.47. The Bertz CT molecular complexity index is 843. The number of halogens is 1. The van der Waals surface area contributed by atoms with Gasteiger partial charge in [0.1, 0.15) is 0 Å². The molecule has 0 saturated carbocycles. The Morgan fingerprint density at radius 3 is 2.92 bits per heavy atom. The van der Waals surface area contributed by atoms with Gasteiger partial charge in [0.2, 0.25) is 0 Å². The molecular formula is C19H19ClN4. The van der Waals surface area contributed by atoms with Crippen LogP contribution in [-0.4, -0.2) is 22.6 Å². The first-order valence-corrected chi connectivity index (χ1v) is 8.42. The Kier molecular flexibility index (Phi) is 3.69. The van der Waals surface area contributed by atoms with Crippen molar-refractivity contribution in [3.05, 3.63) is 77.0 Å². The number of hydrazine groups is 1. The second-order valence-electron chi connectivity index (χ2n) is 6.24. The van der Waals surface area contributed by atoms with Crippen molar-refractivity contribution in [3.8, 4) is 0 Å². The van der Waals surface area contributed by atoms with Gasteiger partial charge in [-0.2, -0.15) is 0 Å². The SMILES string of the molecule is Cc1cc(C2=CNN3C2=CN(c2cccc(Cl)c2)C[C@@H]3C)ccn1. The van der Waals surface area contributed by atoms with Gasteiger partial charge in [-0.1, -0.05) is 17.7 Å². The number of hydrogen-bond acceptors (Lipinski definition) is 4. The lowest BCUT2D eigenvalue weighted by molar-refractivity contribution is 0.232. The van der Waals surface area contributed by atoms with Gasteiger partial charge in [-0.25, -0.2) is 0 Å². The molecule has 2 aliphatic rings. The van der Waals surface area contributed by atoms with Gasteiger partial charge in [-0.05, 0) is 49.7 Å². The second kappa shape index (κ2) is 5.87. The zero-order valence-electron chi connectivity index (χ0n) is 13.7. The van der Waals surface area contributed by atoms with Crippen molar-refractivity contribution in [2.75, 3.05) is 11.4 Å². The molecule has 0 amide bonds. The molecule has 24 heavy (non-hydrogen) atoms. The molecule has 0 unspecified atom stereocenters. The van der Waals surface area contributed by atoms with Crippen molar-refractivity contribution < 1.29 is 0 Å². The molecule has 4 rings (SSSR count). The molecule has 2 aliphatic heterocycles. The zero-order valence-corrected chi connectivity index (χ0v) is 14.5. The van der Waals surface area contributed by atoms with Crippen LogP contribution in [0.5, 0.6) is 0 Å². The molecule has 0 radical (unpaired) electrons. The van der Waals surface area contributed by atoms with Gasteiger partial charge in [0.25, 0.3) is 0 Å². The Balaban J connectivity index is 1.74. The summed E-state index contributed by atoms with van der Waals surface area (Å²) >= 11 is 6.17. The molecule has 0 spiro atoms. The molecule has 1 atom stereocenters. The van der Waals surface area contributed by atoms with E-state index >= 15 is 0 Å². The highest BCUT2D eigenvalue weighted by atomic mass is 35.5. The summed E-state index contributed by atoms with van der Waals surface area (Å²) in [5.41, 5.74) is 9.03. The monoisotopic (exact) mass is 338 g/mol. The van der Waals surface area contributed by atoms with E-state index in [0.29, 0.717) is 6.04 Å². The quantitative estimate of drug-likeness (QED) is 0.898. The summed E-state index contributed by atoms with van der Waals surface area (Å²) in [5, 5.41) is 2.97. The molecule has 5 heteroatoms.